The number of aromatic amines is 1. The maximum Gasteiger partial charge on any atom is 0.268 e. The SMILES string of the molecule is COc1ccc(-c2cc3nc(CN(C)Cc4c(F)cccc4Cl)[nH]c(=O)c3s2)cc1. The normalized spacial score (nSPS) is 11.4. The second-order valence-corrected chi connectivity index (χ2v) is 8.40. The number of halogens is 2. The predicted molar refractivity (Wildman–Crippen MR) is 119 cm³/mol. The summed E-state index contributed by atoms with van der Waals surface area (Å²) in [7, 11) is 3.44. The van der Waals surface area contributed by atoms with Crippen molar-refractivity contribution in [3.8, 4) is 16.2 Å². The summed E-state index contributed by atoms with van der Waals surface area (Å²) < 4.78 is 19.8. The van der Waals surface area contributed by atoms with Gasteiger partial charge in [-0.15, -0.1) is 11.3 Å². The first-order valence-electron chi connectivity index (χ1n) is 9.23. The fourth-order valence-corrected chi connectivity index (χ4v) is 4.45. The number of H-pyrrole nitrogens is 1. The number of rotatable bonds is 6. The van der Waals surface area contributed by atoms with Crippen molar-refractivity contribution < 1.29 is 9.13 Å². The van der Waals surface area contributed by atoms with Gasteiger partial charge in [0.2, 0.25) is 0 Å². The van der Waals surface area contributed by atoms with E-state index < -0.39 is 0 Å². The van der Waals surface area contributed by atoms with E-state index in [-0.39, 0.29) is 11.4 Å². The van der Waals surface area contributed by atoms with Gasteiger partial charge in [0.05, 0.1) is 19.2 Å². The third kappa shape index (κ3) is 4.23. The number of hydrogen-bond acceptors (Lipinski definition) is 5. The highest BCUT2D eigenvalue weighted by Gasteiger charge is 2.14. The smallest absolute Gasteiger partial charge is 0.268 e. The summed E-state index contributed by atoms with van der Waals surface area (Å²) in [6.07, 6.45) is 0. The van der Waals surface area contributed by atoms with Crippen LogP contribution in [0.5, 0.6) is 5.75 Å². The number of hydrogen-bond donors (Lipinski definition) is 1. The van der Waals surface area contributed by atoms with Gasteiger partial charge >= 0.3 is 0 Å². The van der Waals surface area contributed by atoms with Crippen molar-refractivity contribution in [2.24, 2.45) is 0 Å². The van der Waals surface area contributed by atoms with Gasteiger partial charge in [0.25, 0.3) is 5.56 Å². The van der Waals surface area contributed by atoms with Gasteiger partial charge in [-0.2, -0.15) is 0 Å². The number of thiophene rings is 1. The Labute approximate surface area is 181 Å². The second-order valence-electron chi connectivity index (χ2n) is 6.94. The highest BCUT2D eigenvalue weighted by atomic mass is 35.5. The Morgan fingerprint density at radius 1 is 1.20 bits per heavy atom. The Morgan fingerprint density at radius 3 is 2.67 bits per heavy atom. The molecule has 2 heterocycles. The van der Waals surface area contributed by atoms with E-state index in [4.69, 9.17) is 16.3 Å². The monoisotopic (exact) mass is 443 g/mol. The zero-order chi connectivity index (χ0) is 21.3. The van der Waals surface area contributed by atoms with Crippen molar-refractivity contribution >= 4 is 33.2 Å². The summed E-state index contributed by atoms with van der Waals surface area (Å²) in [5.41, 5.74) is 1.87. The Morgan fingerprint density at radius 2 is 1.97 bits per heavy atom. The average Bonchev–Trinajstić information content (AvgIpc) is 3.16. The van der Waals surface area contributed by atoms with Crippen LogP contribution in [0.2, 0.25) is 5.02 Å². The van der Waals surface area contributed by atoms with Gasteiger partial charge in [0.15, 0.2) is 0 Å². The molecule has 0 aliphatic carbocycles. The number of fused-ring (bicyclic) bond motifs is 1. The van der Waals surface area contributed by atoms with Crippen LogP contribution in [0.1, 0.15) is 11.4 Å². The van der Waals surface area contributed by atoms with Gasteiger partial charge in [-0.1, -0.05) is 17.7 Å². The van der Waals surface area contributed by atoms with Crippen molar-refractivity contribution in [1.82, 2.24) is 14.9 Å². The molecule has 0 amide bonds. The molecule has 0 spiro atoms. The molecule has 0 bridgehead atoms. The molecule has 0 saturated carbocycles. The van der Waals surface area contributed by atoms with E-state index in [0.29, 0.717) is 39.7 Å². The lowest BCUT2D eigenvalue weighted by Crippen LogP contribution is -2.22. The molecule has 2 aromatic carbocycles. The largest absolute Gasteiger partial charge is 0.497 e. The van der Waals surface area contributed by atoms with Crippen molar-refractivity contribution in [3.05, 3.63) is 81.1 Å². The summed E-state index contributed by atoms with van der Waals surface area (Å²) in [5.74, 6) is 0.936. The number of nitrogens with zero attached hydrogens (tertiary/aromatic N) is 2. The zero-order valence-corrected chi connectivity index (χ0v) is 18.0. The molecule has 0 atom stereocenters. The van der Waals surface area contributed by atoms with Gasteiger partial charge in [0, 0.05) is 22.0 Å². The third-order valence-electron chi connectivity index (χ3n) is 4.72. The Bertz CT molecular complexity index is 1230. The average molecular weight is 444 g/mol. The minimum absolute atomic E-state index is 0.183. The van der Waals surface area contributed by atoms with E-state index in [1.54, 1.807) is 19.2 Å². The highest BCUT2D eigenvalue weighted by molar-refractivity contribution is 7.22. The molecule has 0 aliphatic rings. The number of methoxy groups -OCH3 is 1. The van der Waals surface area contributed by atoms with Crippen LogP contribution in [0, 0.1) is 5.82 Å². The quantitative estimate of drug-likeness (QED) is 0.451. The van der Waals surface area contributed by atoms with Gasteiger partial charge in [0.1, 0.15) is 22.1 Å². The Hall–Kier alpha value is -2.74. The van der Waals surface area contributed by atoms with E-state index in [9.17, 15) is 9.18 Å². The van der Waals surface area contributed by atoms with Crippen LogP contribution < -0.4 is 10.3 Å². The van der Waals surface area contributed by atoms with Crippen LogP contribution in [-0.2, 0) is 13.1 Å². The number of nitrogens with one attached hydrogen (secondary N) is 1. The van der Waals surface area contributed by atoms with Crippen LogP contribution in [0.3, 0.4) is 0 Å². The molecule has 4 rings (SSSR count). The summed E-state index contributed by atoms with van der Waals surface area (Å²) in [4.78, 5) is 22.8. The minimum atomic E-state index is -0.353. The van der Waals surface area contributed by atoms with Crippen molar-refractivity contribution in [1.29, 1.82) is 0 Å². The summed E-state index contributed by atoms with van der Waals surface area (Å²) in [5, 5.41) is 0.376. The topological polar surface area (TPSA) is 58.2 Å². The molecule has 8 heteroatoms. The molecule has 4 aromatic rings. The van der Waals surface area contributed by atoms with E-state index >= 15 is 0 Å². The van der Waals surface area contributed by atoms with Gasteiger partial charge < -0.3 is 9.72 Å². The fraction of sp³-hybridized carbons (Fsp3) is 0.182. The lowest BCUT2D eigenvalue weighted by atomic mass is 10.2. The molecule has 0 aliphatic heterocycles. The van der Waals surface area contributed by atoms with Crippen LogP contribution in [-0.4, -0.2) is 29.0 Å². The summed E-state index contributed by atoms with van der Waals surface area (Å²) in [6.45, 7) is 0.650. The lowest BCUT2D eigenvalue weighted by molar-refractivity contribution is 0.305. The van der Waals surface area contributed by atoms with Crippen molar-refractivity contribution in [2.75, 3.05) is 14.2 Å². The third-order valence-corrected chi connectivity index (χ3v) is 6.24. The first-order valence-corrected chi connectivity index (χ1v) is 10.4. The van der Waals surface area contributed by atoms with E-state index in [1.165, 1.54) is 17.4 Å². The molecular weight excluding hydrogens is 425 g/mol. The van der Waals surface area contributed by atoms with E-state index in [2.05, 4.69) is 9.97 Å². The molecule has 5 nitrogen and oxygen atoms in total. The predicted octanol–water partition coefficient (Wildman–Crippen LogP) is 5.08. The maximum absolute atomic E-state index is 14.0. The molecule has 0 radical (unpaired) electrons. The van der Waals surface area contributed by atoms with E-state index in [0.717, 1.165) is 16.2 Å². The maximum atomic E-state index is 14.0. The molecular formula is C22H19ClFN3O2S. The Kier molecular flexibility index (Phi) is 5.85. The van der Waals surface area contributed by atoms with Crippen LogP contribution >= 0.6 is 22.9 Å². The van der Waals surface area contributed by atoms with Crippen LogP contribution in [0.15, 0.2) is 53.3 Å². The summed E-state index contributed by atoms with van der Waals surface area (Å²) in [6, 6.07) is 14.2. The van der Waals surface area contributed by atoms with Gasteiger partial charge in [-0.25, -0.2) is 9.37 Å². The Balaban J connectivity index is 1.58. The molecule has 0 unspecified atom stereocenters. The lowest BCUT2D eigenvalue weighted by Gasteiger charge is -2.17. The standard InChI is InChI=1S/C22H19ClFN3O2S/c1-27(11-15-16(23)4-3-5-17(15)24)12-20-25-18-10-19(30-21(18)22(28)26-20)13-6-8-14(29-2)9-7-13/h3-10H,11-12H2,1-2H3,(H,25,26,28). The fourth-order valence-electron chi connectivity index (χ4n) is 3.23. The van der Waals surface area contributed by atoms with Crippen molar-refractivity contribution in [3.63, 3.8) is 0 Å². The zero-order valence-electron chi connectivity index (χ0n) is 16.4. The van der Waals surface area contributed by atoms with Gasteiger partial charge in [-0.3, -0.25) is 9.69 Å². The molecule has 2 aromatic heterocycles. The number of benzene rings is 2. The molecule has 154 valence electrons. The van der Waals surface area contributed by atoms with Crippen molar-refractivity contribution in [2.45, 2.75) is 13.1 Å². The van der Waals surface area contributed by atoms with E-state index in [1.807, 2.05) is 42.3 Å². The van der Waals surface area contributed by atoms with Gasteiger partial charge in [-0.05, 0) is 55.1 Å². The molecule has 0 saturated heterocycles. The number of aromatic nitrogens is 2. The summed E-state index contributed by atoms with van der Waals surface area (Å²) >= 11 is 7.51. The minimum Gasteiger partial charge on any atom is -0.497 e. The second kappa shape index (κ2) is 8.55. The molecule has 1 N–H and O–H groups in total. The highest BCUT2D eigenvalue weighted by Crippen LogP contribution is 2.32. The molecule has 0 fully saturated rings. The van der Waals surface area contributed by atoms with Crippen LogP contribution in [0.4, 0.5) is 4.39 Å². The first-order chi connectivity index (χ1) is 14.4. The number of ether oxygens (including phenoxy) is 1. The first kappa shape index (κ1) is 20.5. The van der Waals surface area contributed by atoms with Crippen LogP contribution in [0.25, 0.3) is 20.7 Å². The molecule has 30 heavy (non-hydrogen) atoms.